The summed E-state index contributed by atoms with van der Waals surface area (Å²) >= 11 is 1.88. The largest absolute Gasteiger partial charge is 0.477 e. The van der Waals surface area contributed by atoms with Gasteiger partial charge in [-0.15, -0.1) is 0 Å². The van der Waals surface area contributed by atoms with E-state index in [-0.39, 0.29) is 17.8 Å². The van der Waals surface area contributed by atoms with Gasteiger partial charge in [0.05, 0.1) is 11.9 Å². The summed E-state index contributed by atoms with van der Waals surface area (Å²) in [6, 6.07) is 2.82. The number of amides is 2. The lowest BCUT2D eigenvalue weighted by Crippen LogP contribution is -2.41. The summed E-state index contributed by atoms with van der Waals surface area (Å²) in [5.74, 6) is -0.0400. The fourth-order valence-electron chi connectivity index (χ4n) is 2.43. The van der Waals surface area contributed by atoms with Gasteiger partial charge in [-0.3, -0.25) is 0 Å². The molecule has 2 atom stereocenters. The molecule has 0 saturated heterocycles. The van der Waals surface area contributed by atoms with Gasteiger partial charge >= 0.3 is 12.0 Å². The summed E-state index contributed by atoms with van der Waals surface area (Å²) in [7, 11) is 0. The van der Waals surface area contributed by atoms with E-state index in [4.69, 9.17) is 5.11 Å². The first kappa shape index (κ1) is 15.6. The van der Waals surface area contributed by atoms with Crippen molar-refractivity contribution in [1.29, 1.82) is 0 Å². The van der Waals surface area contributed by atoms with E-state index >= 15 is 0 Å². The molecule has 0 aliphatic heterocycles. The number of nitrogens with one attached hydrogen (secondary N) is 2. The van der Waals surface area contributed by atoms with Gasteiger partial charge in [-0.2, -0.15) is 11.8 Å². The van der Waals surface area contributed by atoms with Crippen LogP contribution < -0.4 is 10.6 Å². The first-order valence-electron chi connectivity index (χ1n) is 6.98. The molecule has 21 heavy (non-hydrogen) atoms. The summed E-state index contributed by atoms with van der Waals surface area (Å²) in [6.45, 7) is 2.12. The van der Waals surface area contributed by atoms with Gasteiger partial charge in [0.2, 0.25) is 0 Å². The summed E-state index contributed by atoms with van der Waals surface area (Å²) in [5.41, 5.74) is 0.436. The van der Waals surface area contributed by atoms with Crippen molar-refractivity contribution in [3.63, 3.8) is 0 Å². The van der Waals surface area contributed by atoms with Gasteiger partial charge in [0.25, 0.3) is 0 Å². The lowest BCUT2D eigenvalue weighted by atomic mass is 10.2. The number of carboxylic acid groups (broad SMARTS) is 1. The number of carboxylic acids is 1. The van der Waals surface area contributed by atoms with Crippen molar-refractivity contribution in [3.05, 3.63) is 24.0 Å². The molecule has 0 spiro atoms. The lowest BCUT2D eigenvalue weighted by Gasteiger charge is -2.20. The van der Waals surface area contributed by atoms with E-state index in [1.807, 2.05) is 11.8 Å². The summed E-state index contributed by atoms with van der Waals surface area (Å²) in [6.07, 6.45) is 4.62. The van der Waals surface area contributed by atoms with Crippen molar-refractivity contribution >= 4 is 29.4 Å². The van der Waals surface area contributed by atoms with Crippen LogP contribution in [-0.2, 0) is 0 Å². The second kappa shape index (κ2) is 7.31. The SMILES string of the molecule is CCSC1CCCC1NC(=O)Nc1ccc(C(=O)O)nc1. The van der Waals surface area contributed by atoms with Gasteiger partial charge in [0, 0.05) is 11.3 Å². The van der Waals surface area contributed by atoms with Crippen LogP contribution in [0.4, 0.5) is 10.5 Å². The van der Waals surface area contributed by atoms with Crippen LogP contribution in [0.1, 0.15) is 36.7 Å². The number of thioether (sulfide) groups is 1. The number of urea groups is 1. The minimum atomic E-state index is -1.09. The first-order chi connectivity index (χ1) is 10.1. The van der Waals surface area contributed by atoms with Crippen molar-refractivity contribution in [2.45, 2.75) is 37.5 Å². The molecule has 6 nitrogen and oxygen atoms in total. The highest BCUT2D eigenvalue weighted by atomic mass is 32.2. The molecule has 1 heterocycles. The number of rotatable bonds is 5. The number of hydrogen-bond donors (Lipinski definition) is 3. The Bertz CT molecular complexity index is 507. The Balaban J connectivity index is 1.88. The fraction of sp³-hybridized carbons (Fsp3) is 0.500. The van der Waals surface area contributed by atoms with Crippen LogP contribution in [0.15, 0.2) is 18.3 Å². The normalized spacial score (nSPS) is 21.0. The Morgan fingerprint density at radius 1 is 1.43 bits per heavy atom. The second-order valence-corrected chi connectivity index (χ2v) is 6.38. The minimum absolute atomic E-state index is 0.0452. The highest BCUT2D eigenvalue weighted by Gasteiger charge is 2.28. The standard InChI is InChI=1S/C14H19N3O3S/c1-2-21-12-5-3-4-10(12)17-14(20)16-9-6-7-11(13(18)19)15-8-9/h6-8,10,12H,2-5H2,1H3,(H,18,19)(H2,16,17,20). The van der Waals surface area contributed by atoms with Crippen LogP contribution in [0.25, 0.3) is 0 Å². The number of aromatic nitrogens is 1. The van der Waals surface area contributed by atoms with E-state index in [1.165, 1.54) is 18.3 Å². The van der Waals surface area contributed by atoms with Gasteiger partial charge in [-0.05, 0) is 30.7 Å². The van der Waals surface area contributed by atoms with Crippen LogP contribution in [-0.4, -0.2) is 39.1 Å². The highest BCUT2D eigenvalue weighted by Crippen LogP contribution is 2.29. The number of anilines is 1. The van der Waals surface area contributed by atoms with Crippen molar-refractivity contribution < 1.29 is 14.7 Å². The molecule has 0 aromatic carbocycles. The summed E-state index contributed by atoms with van der Waals surface area (Å²) in [5, 5.41) is 14.9. The number of carbonyl (C=O) groups is 2. The molecule has 0 bridgehead atoms. The first-order valence-corrected chi connectivity index (χ1v) is 8.03. The Morgan fingerprint density at radius 3 is 2.86 bits per heavy atom. The molecule has 1 fully saturated rings. The minimum Gasteiger partial charge on any atom is -0.477 e. The van der Waals surface area contributed by atoms with Crippen LogP contribution in [0.3, 0.4) is 0 Å². The molecule has 1 saturated carbocycles. The number of pyridine rings is 1. The molecule has 2 amide bonds. The smallest absolute Gasteiger partial charge is 0.354 e. The maximum absolute atomic E-state index is 12.0. The van der Waals surface area contributed by atoms with E-state index < -0.39 is 5.97 Å². The molecule has 114 valence electrons. The quantitative estimate of drug-likeness (QED) is 0.777. The maximum atomic E-state index is 12.0. The van der Waals surface area contributed by atoms with E-state index in [9.17, 15) is 9.59 Å². The highest BCUT2D eigenvalue weighted by molar-refractivity contribution is 7.99. The molecular weight excluding hydrogens is 290 g/mol. The van der Waals surface area contributed by atoms with Crippen molar-refractivity contribution in [3.8, 4) is 0 Å². The molecule has 7 heteroatoms. The van der Waals surface area contributed by atoms with Gasteiger partial charge in [0.1, 0.15) is 5.69 Å². The lowest BCUT2D eigenvalue weighted by molar-refractivity contribution is 0.0690. The number of aromatic carboxylic acids is 1. The molecule has 1 aliphatic carbocycles. The predicted molar refractivity (Wildman–Crippen MR) is 82.9 cm³/mol. The van der Waals surface area contributed by atoms with Crippen LogP contribution >= 0.6 is 11.8 Å². The average molecular weight is 309 g/mol. The Labute approximate surface area is 127 Å². The van der Waals surface area contributed by atoms with Crippen molar-refractivity contribution in [2.75, 3.05) is 11.1 Å². The monoisotopic (exact) mass is 309 g/mol. The number of hydrogen-bond acceptors (Lipinski definition) is 4. The zero-order chi connectivity index (χ0) is 15.2. The van der Waals surface area contributed by atoms with E-state index in [0.29, 0.717) is 10.9 Å². The molecule has 1 aromatic rings. The molecular formula is C14H19N3O3S. The van der Waals surface area contributed by atoms with Crippen LogP contribution in [0.5, 0.6) is 0 Å². The van der Waals surface area contributed by atoms with Gasteiger partial charge < -0.3 is 15.7 Å². The third kappa shape index (κ3) is 4.35. The van der Waals surface area contributed by atoms with E-state index in [1.54, 1.807) is 0 Å². The molecule has 2 rings (SSSR count). The maximum Gasteiger partial charge on any atom is 0.354 e. The average Bonchev–Trinajstić information content (AvgIpc) is 2.87. The summed E-state index contributed by atoms with van der Waals surface area (Å²) in [4.78, 5) is 26.4. The fourth-order valence-corrected chi connectivity index (χ4v) is 3.63. The van der Waals surface area contributed by atoms with E-state index in [0.717, 1.165) is 25.0 Å². The van der Waals surface area contributed by atoms with Gasteiger partial charge in [-0.1, -0.05) is 13.3 Å². The predicted octanol–water partition coefficient (Wildman–Crippen LogP) is 2.58. The van der Waals surface area contributed by atoms with Crippen molar-refractivity contribution in [2.24, 2.45) is 0 Å². The third-order valence-electron chi connectivity index (χ3n) is 3.39. The molecule has 1 aliphatic rings. The zero-order valence-corrected chi connectivity index (χ0v) is 12.7. The Hall–Kier alpha value is -1.76. The van der Waals surface area contributed by atoms with E-state index in [2.05, 4.69) is 22.5 Å². The Morgan fingerprint density at radius 2 is 2.24 bits per heavy atom. The van der Waals surface area contributed by atoms with Crippen LogP contribution in [0, 0.1) is 0 Å². The third-order valence-corrected chi connectivity index (χ3v) is 4.72. The molecule has 1 aromatic heterocycles. The van der Waals surface area contributed by atoms with Crippen LogP contribution in [0.2, 0.25) is 0 Å². The molecule has 0 radical (unpaired) electrons. The Kier molecular flexibility index (Phi) is 5.44. The summed E-state index contributed by atoms with van der Waals surface area (Å²) < 4.78 is 0. The topological polar surface area (TPSA) is 91.3 Å². The molecule has 2 unspecified atom stereocenters. The zero-order valence-electron chi connectivity index (χ0n) is 11.8. The number of nitrogens with zero attached hydrogens (tertiary/aromatic N) is 1. The van der Waals surface area contributed by atoms with Gasteiger partial charge in [-0.25, -0.2) is 14.6 Å². The second-order valence-electron chi connectivity index (χ2n) is 4.87. The van der Waals surface area contributed by atoms with Crippen molar-refractivity contribution in [1.82, 2.24) is 10.3 Å². The molecule has 3 N–H and O–H groups in total. The number of carbonyl (C=O) groups excluding carboxylic acids is 1. The van der Waals surface area contributed by atoms with Gasteiger partial charge in [0.15, 0.2) is 0 Å².